The summed E-state index contributed by atoms with van der Waals surface area (Å²) < 4.78 is 33.3. The van der Waals surface area contributed by atoms with Crippen LogP contribution in [0.1, 0.15) is 44.2 Å². The van der Waals surface area contributed by atoms with Crippen LogP contribution in [0, 0.1) is 28.9 Å². The van der Waals surface area contributed by atoms with Crippen molar-refractivity contribution in [2.45, 2.75) is 12.3 Å². The van der Waals surface area contributed by atoms with Gasteiger partial charge in [-0.05, 0) is 60.5 Å². The summed E-state index contributed by atoms with van der Waals surface area (Å²) in [6.07, 6.45) is 0.546. The normalized spacial score (nSPS) is 19.3. The fourth-order valence-electron chi connectivity index (χ4n) is 5.33. The van der Waals surface area contributed by atoms with Gasteiger partial charge in [0.1, 0.15) is 5.75 Å². The largest absolute Gasteiger partial charge is 0.494 e. The molecule has 0 radical (unpaired) electrons. The summed E-state index contributed by atoms with van der Waals surface area (Å²) in [7, 11) is 0. The Morgan fingerprint density at radius 1 is 0.878 bits per heavy atom. The number of benzene rings is 3. The van der Waals surface area contributed by atoms with E-state index in [1.54, 1.807) is 29.2 Å². The molecule has 2 aliphatic heterocycles. The van der Waals surface area contributed by atoms with Crippen molar-refractivity contribution in [1.82, 2.24) is 15.1 Å². The van der Waals surface area contributed by atoms with E-state index in [2.05, 4.69) is 5.32 Å². The number of nitrogens with one attached hydrogen (secondary N) is 1. The number of hydrogen-bond acceptors (Lipinski definition) is 5. The van der Waals surface area contributed by atoms with Gasteiger partial charge in [0.25, 0.3) is 11.8 Å². The van der Waals surface area contributed by atoms with E-state index in [-0.39, 0.29) is 49.5 Å². The standard InChI is InChI=1S/C31H28F2N4O4/c32-27-9-8-23(16-28(27)33)31(40)37-18-25-21-5-2-7-24(15-21)41-13-3-11-36(12-10-35-29(38)26(25)19-37)30(39)22-6-1-4-20(14-22)17-34/h1-2,4-9,14-16,25-26H,3,10-13,18-19H2,(H,35,38)/t25-,26+/m1/s1. The van der Waals surface area contributed by atoms with E-state index in [1.165, 1.54) is 17.0 Å². The lowest BCUT2D eigenvalue weighted by Gasteiger charge is -2.25. The highest BCUT2D eigenvalue weighted by Crippen LogP contribution is 2.35. The van der Waals surface area contributed by atoms with Crippen LogP contribution < -0.4 is 10.1 Å². The number of nitriles is 1. The molecule has 5 rings (SSSR count). The Morgan fingerprint density at radius 3 is 2.44 bits per heavy atom. The molecule has 41 heavy (non-hydrogen) atoms. The molecule has 3 aromatic carbocycles. The number of likely N-dealkylation sites (tertiary alicyclic amines) is 1. The minimum Gasteiger partial charge on any atom is -0.494 e. The molecular weight excluding hydrogens is 530 g/mol. The zero-order chi connectivity index (χ0) is 28.9. The molecule has 1 saturated heterocycles. The summed E-state index contributed by atoms with van der Waals surface area (Å²) in [5.41, 5.74) is 1.59. The average molecular weight is 559 g/mol. The van der Waals surface area contributed by atoms with Gasteiger partial charge in [0.15, 0.2) is 11.6 Å². The fraction of sp³-hybridized carbons (Fsp3) is 0.290. The van der Waals surface area contributed by atoms with Crippen LogP contribution in [0.15, 0.2) is 66.7 Å². The second-order valence-corrected chi connectivity index (χ2v) is 10.1. The summed E-state index contributed by atoms with van der Waals surface area (Å²) in [4.78, 5) is 43.0. The lowest BCUT2D eigenvalue weighted by Crippen LogP contribution is -2.42. The fourth-order valence-corrected chi connectivity index (χ4v) is 5.33. The lowest BCUT2D eigenvalue weighted by atomic mass is 9.88. The summed E-state index contributed by atoms with van der Waals surface area (Å²) in [6, 6.07) is 18.9. The molecule has 0 unspecified atom stereocenters. The number of halogens is 2. The molecule has 3 amide bonds. The van der Waals surface area contributed by atoms with E-state index in [9.17, 15) is 28.4 Å². The Labute approximate surface area is 236 Å². The maximum atomic E-state index is 13.8. The number of nitrogens with zero attached hydrogens (tertiary/aromatic N) is 3. The third-order valence-corrected chi connectivity index (χ3v) is 7.44. The monoisotopic (exact) mass is 558 g/mol. The van der Waals surface area contributed by atoms with Crippen LogP contribution in [0.2, 0.25) is 0 Å². The maximum absolute atomic E-state index is 13.8. The Bertz CT molecular complexity index is 1520. The molecule has 210 valence electrons. The minimum absolute atomic E-state index is 0.00121. The van der Waals surface area contributed by atoms with E-state index < -0.39 is 23.5 Å². The lowest BCUT2D eigenvalue weighted by molar-refractivity contribution is -0.125. The zero-order valence-electron chi connectivity index (χ0n) is 22.2. The third kappa shape index (κ3) is 6.19. The molecule has 8 nitrogen and oxygen atoms in total. The SMILES string of the molecule is N#Cc1cccc(C(=O)N2CCCOc3cccc(c3)[C@H]3CN(C(=O)c4ccc(F)c(F)c4)C[C@@H]3C(=O)NCC2)c1. The molecule has 10 heteroatoms. The van der Waals surface area contributed by atoms with Crippen LogP contribution in [0.3, 0.4) is 0 Å². The maximum Gasteiger partial charge on any atom is 0.254 e. The van der Waals surface area contributed by atoms with Crippen LogP contribution in [0.5, 0.6) is 5.75 Å². The molecule has 3 aromatic rings. The van der Waals surface area contributed by atoms with Crippen molar-refractivity contribution in [3.05, 3.63) is 101 Å². The van der Waals surface area contributed by atoms with Crippen LogP contribution in [-0.2, 0) is 4.79 Å². The summed E-state index contributed by atoms with van der Waals surface area (Å²) in [6.45, 7) is 1.45. The smallest absolute Gasteiger partial charge is 0.254 e. The highest BCUT2D eigenvalue weighted by atomic mass is 19.2. The van der Waals surface area contributed by atoms with Crippen LogP contribution in [-0.4, -0.2) is 66.9 Å². The van der Waals surface area contributed by atoms with Crippen molar-refractivity contribution in [2.75, 3.05) is 39.3 Å². The Balaban J connectivity index is 1.38. The first kappa shape index (κ1) is 27.8. The first-order chi connectivity index (χ1) is 19.8. The number of amides is 3. The Kier molecular flexibility index (Phi) is 8.24. The number of ether oxygens (including phenoxy) is 1. The van der Waals surface area contributed by atoms with Gasteiger partial charge in [-0.3, -0.25) is 14.4 Å². The third-order valence-electron chi connectivity index (χ3n) is 7.44. The van der Waals surface area contributed by atoms with Crippen molar-refractivity contribution >= 4 is 17.7 Å². The molecule has 1 N–H and O–H groups in total. The summed E-state index contributed by atoms with van der Waals surface area (Å²) >= 11 is 0. The van der Waals surface area contributed by atoms with Gasteiger partial charge in [-0.25, -0.2) is 8.78 Å². The number of hydrogen-bond donors (Lipinski definition) is 1. The topological polar surface area (TPSA) is 103 Å². The van der Waals surface area contributed by atoms with Crippen LogP contribution >= 0.6 is 0 Å². The quantitative estimate of drug-likeness (QED) is 0.517. The molecule has 0 aliphatic carbocycles. The molecule has 0 spiro atoms. The van der Waals surface area contributed by atoms with E-state index in [0.717, 1.165) is 17.7 Å². The number of fused-ring (bicyclic) bond motifs is 4. The highest BCUT2D eigenvalue weighted by molar-refractivity contribution is 5.96. The van der Waals surface area contributed by atoms with Gasteiger partial charge in [0.05, 0.1) is 24.2 Å². The van der Waals surface area contributed by atoms with Crippen molar-refractivity contribution in [3.63, 3.8) is 0 Å². The van der Waals surface area contributed by atoms with E-state index in [4.69, 9.17) is 4.74 Å². The summed E-state index contributed by atoms with van der Waals surface area (Å²) in [5, 5.41) is 12.1. The predicted octanol–water partition coefficient (Wildman–Crippen LogP) is 3.73. The van der Waals surface area contributed by atoms with Gasteiger partial charge in [-0.15, -0.1) is 0 Å². The van der Waals surface area contributed by atoms with Gasteiger partial charge in [0.2, 0.25) is 5.91 Å². The van der Waals surface area contributed by atoms with Crippen molar-refractivity contribution in [2.24, 2.45) is 5.92 Å². The van der Waals surface area contributed by atoms with Crippen LogP contribution in [0.25, 0.3) is 0 Å². The molecular formula is C31H28F2N4O4. The molecule has 0 saturated carbocycles. The Hall–Kier alpha value is -4.78. The molecule has 2 heterocycles. The summed E-state index contributed by atoms with van der Waals surface area (Å²) in [5.74, 6) is -3.56. The molecule has 2 bridgehead atoms. The van der Waals surface area contributed by atoms with Crippen molar-refractivity contribution < 1.29 is 27.9 Å². The van der Waals surface area contributed by atoms with Crippen molar-refractivity contribution in [1.29, 1.82) is 5.26 Å². The number of carbonyl (C=O) groups excluding carboxylic acids is 3. The first-order valence-electron chi connectivity index (χ1n) is 13.4. The zero-order valence-corrected chi connectivity index (χ0v) is 22.2. The first-order valence-corrected chi connectivity index (χ1v) is 13.4. The van der Waals surface area contributed by atoms with Gasteiger partial charge in [-0.1, -0.05) is 18.2 Å². The second-order valence-electron chi connectivity index (χ2n) is 10.1. The van der Waals surface area contributed by atoms with E-state index >= 15 is 0 Å². The van der Waals surface area contributed by atoms with Gasteiger partial charge >= 0.3 is 0 Å². The second kappa shape index (κ2) is 12.2. The average Bonchev–Trinajstić information content (AvgIpc) is 3.44. The molecule has 0 aromatic heterocycles. The number of rotatable bonds is 2. The van der Waals surface area contributed by atoms with Gasteiger partial charge in [0, 0.05) is 49.8 Å². The van der Waals surface area contributed by atoms with Crippen molar-refractivity contribution in [3.8, 4) is 11.8 Å². The molecule has 2 aliphatic rings. The predicted molar refractivity (Wildman–Crippen MR) is 145 cm³/mol. The van der Waals surface area contributed by atoms with Gasteiger partial charge < -0.3 is 19.9 Å². The van der Waals surface area contributed by atoms with E-state index in [0.29, 0.717) is 36.4 Å². The van der Waals surface area contributed by atoms with E-state index in [1.807, 2.05) is 24.3 Å². The van der Waals surface area contributed by atoms with Gasteiger partial charge in [-0.2, -0.15) is 5.26 Å². The van der Waals surface area contributed by atoms with Crippen LogP contribution in [0.4, 0.5) is 8.78 Å². The Morgan fingerprint density at radius 2 is 1.63 bits per heavy atom. The minimum atomic E-state index is -1.12. The molecule has 1 fully saturated rings. The molecule has 2 atom stereocenters. The number of carbonyl (C=O) groups is 3. The highest BCUT2D eigenvalue weighted by Gasteiger charge is 2.41.